The molecule has 8 nitrogen and oxygen atoms in total. The minimum atomic E-state index is -3.00. The standard InChI is InChI=1S/C25H47N5O3S/c1-16-12-19(15-26-14-16)22-10-11-27-25(29-22)30-23-13-20(7-4-17(23)2)28-24(31)18-5-8-21(9-6-18)34(3,32)33/h16-23,25-27,29-30H,4-15H2,1-3H3,(H,28,31). The predicted molar refractivity (Wildman–Crippen MR) is 136 cm³/mol. The van der Waals surface area contributed by atoms with Crippen molar-refractivity contribution in [2.24, 2.45) is 23.7 Å². The zero-order chi connectivity index (χ0) is 24.3. The largest absolute Gasteiger partial charge is 0.353 e. The molecule has 4 fully saturated rings. The molecule has 9 heteroatoms. The van der Waals surface area contributed by atoms with Crippen LogP contribution < -0.4 is 26.6 Å². The Morgan fingerprint density at radius 2 is 1.71 bits per heavy atom. The number of rotatable bonds is 6. The van der Waals surface area contributed by atoms with Crippen molar-refractivity contribution in [1.82, 2.24) is 26.6 Å². The van der Waals surface area contributed by atoms with E-state index in [-0.39, 0.29) is 29.4 Å². The second-order valence-electron chi connectivity index (χ2n) is 11.8. The van der Waals surface area contributed by atoms with Crippen molar-refractivity contribution in [3.8, 4) is 0 Å². The Bertz CT molecular complexity index is 785. The van der Waals surface area contributed by atoms with E-state index < -0.39 is 9.84 Å². The van der Waals surface area contributed by atoms with Gasteiger partial charge in [0.15, 0.2) is 0 Å². The number of nitrogens with one attached hydrogen (secondary N) is 5. The first-order chi connectivity index (χ1) is 16.2. The van der Waals surface area contributed by atoms with Gasteiger partial charge in [-0.1, -0.05) is 13.8 Å². The van der Waals surface area contributed by atoms with Crippen molar-refractivity contribution in [2.75, 3.05) is 25.9 Å². The van der Waals surface area contributed by atoms with Gasteiger partial charge in [-0.05, 0) is 95.2 Å². The molecule has 2 aliphatic heterocycles. The summed E-state index contributed by atoms with van der Waals surface area (Å²) < 4.78 is 23.6. The third kappa shape index (κ3) is 6.93. The van der Waals surface area contributed by atoms with Crippen molar-refractivity contribution < 1.29 is 13.2 Å². The molecule has 7 atom stereocenters. The summed E-state index contributed by atoms with van der Waals surface area (Å²) in [5.41, 5.74) is 0. The van der Waals surface area contributed by atoms with Gasteiger partial charge in [-0.25, -0.2) is 8.42 Å². The molecule has 34 heavy (non-hydrogen) atoms. The van der Waals surface area contributed by atoms with Crippen LogP contribution in [-0.4, -0.2) is 69.9 Å². The second kappa shape index (κ2) is 11.5. The first-order valence-electron chi connectivity index (χ1n) is 13.6. The van der Waals surface area contributed by atoms with Gasteiger partial charge in [-0.3, -0.25) is 20.7 Å². The summed E-state index contributed by atoms with van der Waals surface area (Å²) in [4.78, 5) is 12.9. The van der Waals surface area contributed by atoms with Gasteiger partial charge < -0.3 is 10.6 Å². The molecule has 4 rings (SSSR count). The highest BCUT2D eigenvalue weighted by molar-refractivity contribution is 7.91. The molecule has 0 radical (unpaired) electrons. The summed E-state index contributed by atoms with van der Waals surface area (Å²) >= 11 is 0. The van der Waals surface area contributed by atoms with Crippen molar-refractivity contribution in [3.05, 3.63) is 0 Å². The molecule has 0 bridgehead atoms. The van der Waals surface area contributed by atoms with Gasteiger partial charge >= 0.3 is 0 Å². The molecule has 1 amide bonds. The molecule has 4 aliphatic rings. The zero-order valence-electron chi connectivity index (χ0n) is 21.3. The molecular weight excluding hydrogens is 450 g/mol. The van der Waals surface area contributed by atoms with Crippen LogP contribution in [0.1, 0.15) is 71.6 Å². The lowest BCUT2D eigenvalue weighted by molar-refractivity contribution is -0.127. The lowest BCUT2D eigenvalue weighted by atomic mass is 9.81. The number of amides is 1. The van der Waals surface area contributed by atoms with E-state index in [1.165, 1.54) is 12.7 Å². The molecule has 2 aliphatic carbocycles. The van der Waals surface area contributed by atoms with Crippen molar-refractivity contribution in [2.45, 2.75) is 101 Å². The summed E-state index contributed by atoms with van der Waals surface area (Å²) in [7, 11) is -3.00. The quantitative estimate of drug-likeness (QED) is 0.376. The second-order valence-corrected chi connectivity index (χ2v) is 14.1. The van der Waals surface area contributed by atoms with Crippen LogP contribution >= 0.6 is 0 Å². The first-order valence-corrected chi connectivity index (χ1v) is 15.6. The highest BCUT2D eigenvalue weighted by atomic mass is 32.2. The van der Waals surface area contributed by atoms with Gasteiger partial charge in [0.25, 0.3) is 0 Å². The van der Waals surface area contributed by atoms with Crippen LogP contribution in [0.2, 0.25) is 0 Å². The molecule has 0 aromatic rings. The molecule has 0 aromatic heterocycles. The third-order valence-electron chi connectivity index (χ3n) is 8.93. The van der Waals surface area contributed by atoms with Crippen LogP contribution in [0, 0.1) is 23.7 Å². The molecule has 2 heterocycles. The van der Waals surface area contributed by atoms with E-state index >= 15 is 0 Å². The smallest absolute Gasteiger partial charge is 0.223 e. The van der Waals surface area contributed by atoms with E-state index in [4.69, 9.17) is 0 Å². The fraction of sp³-hybridized carbons (Fsp3) is 0.960. The van der Waals surface area contributed by atoms with Crippen LogP contribution in [0.4, 0.5) is 0 Å². The minimum absolute atomic E-state index is 0.0438. The lowest BCUT2D eigenvalue weighted by Crippen LogP contribution is -2.66. The van der Waals surface area contributed by atoms with Gasteiger partial charge in [0.1, 0.15) is 16.1 Å². The number of carbonyl (C=O) groups excluding carboxylic acids is 1. The van der Waals surface area contributed by atoms with E-state index in [2.05, 4.69) is 40.4 Å². The van der Waals surface area contributed by atoms with Crippen molar-refractivity contribution in [1.29, 1.82) is 0 Å². The Kier molecular flexibility index (Phi) is 8.94. The van der Waals surface area contributed by atoms with Crippen LogP contribution in [0.25, 0.3) is 0 Å². The van der Waals surface area contributed by atoms with E-state index in [9.17, 15) is 13.2 Å². The maximum absolute atomic E-state index is 12.9. The molecule has 0 aromatic carbocycles. The van der Waals surface area contributed by atoms with Crippen molar-refractivity contribution >= 4 is 15.7 Å². The summed E-state index contributed by atoms with van der Waals surface area (Å²) in [5, 5.41) is 17.9. The monoisotopic (exact) mass is 497 g/mol. The summed E-state index contributed by atoms with van der Waals surface area (Å²) in [6.45, 7) is 7.92. The van der Waals surface area contributed by atoms with Crippen LogP contribution in [-0.2, 0) is 14.6 Å². The van der Waals surface area contributed by atoms with Gasteiger partial charge in [0.2, 0.25) is 5.91 Å². The van der Waals surface area contributed by atoms with Gasteiger partial charge in [0, 0.05) is 30.3 Å². The van der Waals surface area contributed by atoms with Crippen LogP contribution in [0.15, 0.2) is 0 Å². The molecule has 2 saturated heterocycles. The maximum Gasteiger partial charge on any atom is 0.223 e. The Labute approximate surface area is 206 Å². The lowest BCUT2D eigenvalue weighted by Gasteiger charge is -2.43. The zero-order valence-corrected chi connectivity index (χ0v) is 22.1. The number of hydrogen-bond donors (Lipinski definition) is 5. The molecule has 5 N–H and O–H groups in total. The summed E-state index contributed by atoms with van der Waals surface area (Å²) in [6, 6.07) is 1.08. The van der Waals surface area contributed by atoms with Gasteiger partial charge in [0.05, 0.1) is 5.25 Å². The molecule has 196 valence electrons. The molecule has 7 unspecified atom stereocenters. The van der Waals surface area contributed by atoms with E-state index in [1.54, 1.807) is 0 Å². The Morgan fingerprint density at radius 3 is 2.41 bits per heavy atom. The van der Waals surface area contributed by atoms with Crippen LogP contribution in [0.5, 0.6) is 0 Å². The van der Waals surface area contributed by atoms with E-state index in [0.717, 1.165) is 51.2 Å². The topological polar surface area (TPSA) is 111 Å². The number of carbonyl (C=O) groups is 1. The van der Waals surface area contributed by atoms with Gasteiger partial charge in [-0.15, -0.1) is 0 Å². The Morgan fingerprint density at radius 1 is 0.941 bits per heavy atom. The highest BCUT2D eigenvalue weighted by Gasteiger charge is 2.36. The molecule has 2 saturated carbocycles. The number of piperidine rings is 1. The van der Waals surface area contributed by atoms with Crippen LogP contribution in [0.3, 0.4) is 0 Å². The fourth-order valence-electron chi connectivity index (χ4n) is 6.70. The summed E-state index contributed by atoms with van der Waals surface area (Å²) in [5.74, 6) is 2.07. The Balaban J connectivity index is 1.25. The Hall–Kier alpha value is -0.740. The fourth-order valence-corrected chi connectivity index (χ4v) is 7.82. The maximum atomic E-state index is 12.9. The number of hydrogen-bond acceptors (Lipinski definition) is 7. The molecule has 0 spiro atoms. The number of sulfone groups is 1. The summed E-state index contributed by atoms with van der Waals surface area (Å²) in [6.07, 6.45) is 9.53. The minimum Gasteiger partial charge on any atom is -0.353 e. The van der Waals surface area contributed by atoms with Gasteiger partial charge in [-0.2, -0.15) is 0 Å². The SMILES string of the molecule is CC1CNCC(C2CCNC(NC3CC(NC(=O)C4CCC(S(C)(=O)=O)CC4)CCC3C)N2)C1. The van der Waals surface area contributed by atoms with Crippen molar-refractivity contribution in [3.63, 3.8) is 0 Å². The molecular formula is C25H47N5O3S. The third-order valence-corrected chi connectivity index (χ3v) is 10.6. The average Bonchev–Trinajstić information content (AvgIpc) is 2.81. The average molecular weight is 498 g/mol. The normalized spacial score (nSPS) is 42.1. The van der Waals surface area contributed by atoms with E-state index in [1.807, 2.05) is 0 Å². The van der Waals surface area contributed by atoms with E-state index in [0.29, 0.717) is 49.6 Å². The highest BCUT2D eigenvalue weighted by Crippen LogP contribution is 2.30. The first kappa shape index (κ1) is 26.3. The predicted octanol–water partition coefficient (Wildman–Crippen LogP) is 1.33.